The zero-order chi connectivity index (χ0) is 16.7. The van der Waals surface area contributed by atoms with Crippen molar-refractivity contribution < 1.29 is 18.0 Å². The summed E-state index contributed by atoms with van der Waals surface area (Å²) in [5.41, 5.74) is -1.39. The maximum atomic E-state index is 12.8. The summed E-state index contributed by atoms with van der Waals surface area (Å²) in [7, 11) is 0. The van der Waals surface area contributed by atoms with E-state index in [1.165, 1.54) is 11.0 Å². The lowest BCUT2D eigenvalue weighted by Gasteiger charge is -2.18. The number of hydrogen-bond donors (Lipinski definition) is 2. The molecule has 0 atom stereocenters. The van der Waals surface area contributed by atoms with Gasteiger partial charge in [0.1, 0.15) is 0 Å². The summed E-state index contributed by atoms with van der Waals surface area (Å²) in [6, 6.07) is 2.58. The smallest absolute Gasteiger partial charge is 0.355 e. The average Bonchev–Trinajstić information content (AvgIpc) is 2.64. The molecule has 0 aliphatic carbocycles. The SMILES string of the molecule is CC1(C)CN(C(=O)Nc2ccc(Cl)c(C(F)(F)F)c2)C(=S)N1. The van der Waals surface area contributed by atoms with Gasteiger partial charge in [0.15, 0.2) is 5.11 Å². The van der Waals surface area contributed by atoms with E-state index >= 15 is 0 Å². The zero-order valence-electron chi connectivity index (χ0n) is 11.7. The highest BCUT2D eigenvalue weighted by atomic mass is 35.5. The second-order valence-electron chi connectivity index (χ2n) is 5.52. The van der Waals surface area contributed by atoms with Gasteiger partial charge in [0.25, 0.3) is 0 Å². The number of rotatable bonds is 1. The zero-order valence-corrected chi connectivity index (χ0v) is 13.3. The molecular weight excluding hydrogens is 339 g/mol. The van der Waals surface area contributed by atoms with Crippen LogP contribution in [0.1, 0.15) is 19.4 Å². The summed E-state index contributed by atoms with van der Waals surface area (Å²) in [4.78, 5) is 13.4. The summed E-state index contributed by atoms with van der Waals surface area (Å²) >= 11 is 10.6. The fourth-order valence-electron chi connectivity index (χ4n) is 2.04. The van der Waals surface area contributed by atoms with Crippen molar-refractivity contribution in [3.05, 3.63) is 28.8 Å². The number of carbonyl (C=O) groups excluding carboxylic acids is 1. The van der Waals surface area contributed by atoms with Crippen molar-refractivity contribution in [1.29, 1.82) is 0 Å². The Labute approximate surface area is 135 Å². The number of alkyl halides is 3. The number of halogens is 4. The number of hydrogen-bond acceptors (Lipinski definition) is 2. The molecule has 2 rings (SSSR count). The van der Waals surface area contributed by atoms with Gasteiger partial charge in [-0.25, -0.2) is 4.79 Å². The summed E-state index contributed by atoms with van der Waals surface area (Å²) in [6.45, 7) is 4.03. The fraction of sp³-hybridized carbons (Fsp3) is 0.385. The van der Waals surface area contributed by atoms with Gasteiger partial charge in [-0.3, -0.25) is 4.90 Å². The minimum absolute atomic E-state index is 0.00534. The highest BCUT2D eigenvalue weighted by molar-refractivity contribution is 7.80. The average molecular weight is 352 g/mol. The van der Waals surface area contributed by atoms with E-state index in [9.17, 15) is 18.0 Å². The molecule has 0 saturated carbocycles. The Morgan fingerprint density at radius 1 is 1.45 bits per heavy atom. The molecule has 22 heavy (non-hydrogen) atoms. The van der Waals surface area contributed by atoms with Crippen LogP contribution < -0.4 is 10.6 Å². The van der Waals surface area contributed by atoms with Gasteiger partial charge in [-0.15, -0.1) is 0 Å². The molecule has 2 N–H and O–H groups in total. The quantitative estimate of drug-likeness (QED) is 0.755. The molecule has 0 bridgehead atoms. The molecule has 4 nitrogen and oxygen atoms in total. The Kier molecular flexibility index (Phi) is 4.27. The minimum atomic E-state index is -4.59. The number of nitrogens with zero attached hydrogens (tertiary/aromatic N) is 1. The Morgan fingerprint density at radius 3 is 2.59 bits per heavy atom. The van der Waals surface area contributed by atoms with E-state index < -0.39 is 22.8 Å². The summed E-state index contributed by atoms with van der Waals surface area (Å²) in [5.74, 6) is 0. The monoisotopic (exact) mass is 351 g/mol. The van der Waals surface area contributed by atoms with E-state index in [1.807, 2.05) is 13.8 Å². The van der Waals surface area contributed by atoms with Gasteiger partial charge in [0.2, 0.25) is 0 Å². The fourth-order valence-corrected chi connectivity index (χ4v) is 2.69. The normalized spacial score (nSPS) is 17.4. The first kappa shape index (κ1) is 16.8. The molecule has 1 aliphatic heterocycles. The molecule has 0 unspecified atom stereocenters. The van der Waals surface area contributed by atoms with Crippen LogP contribution in [0.2, 0.25) is 5.02 Å². The number of urea groups is 1. The molecule has 2 amide bonds. The van der Waals surface area contributed by atoms with E-state index in [1.54, 1.807) is 0 Å². The summed E-state index contributed by atoms with van der Waals surface area (Å²) in [6.07, 6.45) is -4.59. The van der Waals surface area contributed by atoms with Gasteiger partial charge in [-0.1, -0.05) is 11.6 Å². The van der Waals surface area contributed by atoms with Crippen LogP contribution in [0.3, 0.4) is 0 Å². The lowest BCUT2D eigenvalue weighted by Crippen LogP contribution is -2.37. The second kappa shape index (κ2) is 5.58. The second-order valence-corrected chi connectivity index (χ2v) is 6.32. The van der Waals surface area contributed by atoms with E-state index in [0.29, 0.717) is 6.54 Å². The number of amides is 2. The minimum Gasteiger partial charge on any atom is -0.355 e. The Balaban J connectivity index is 2.18. The molecule has 0 radical (unpaired) electrons. The van der Waals surface area contributed by atoms with Crippen LogP contribution in [-0.4, -0.2) is 28.1 Å². The van der Waals surface area contributed by atoms with Gasteiger partial charge >= 0.3 is 12.2 Å². The maximum absolute atomic E-state index is 12.8. The lowest BCUT2D eigenvalue weighted by atomic mass is 10.1. The highest BCUT2D eigenvalue weighted by Crippen LogP contribution is 2.36. The van der Waals surface area contributed by atoms with Crippen molar-refractivity contribution in [2.24, 2.45) is 0 Å². The third-order valence-electron chi connectivity index (χ3n) is 3.01. The van der Waals surface area contributed by atoms with Gasteiger partial charge in [-0.2, -0.15) is 13.2 Å². The van der Waals surface area contributed by atoms with Crippen LogP contribution in [0.25, 0.3) is 0 Å². The third-order valence-corrected chi connectivity index (χ3v) is 3.66. The largest absolute Gasteiger partial charge is 0.417 e. The van der Waals surface area contributed by atoms with Crippen LogP contribution in [-0.2, 0) is 6.18 Å². The van der Waals surface area contributed by atoms with Crippen molar-refractivity contribution in [2.75, 3.05) is 11.9 Å². The van der Waals surface area contributed by atoms with E-state index in [2.05, 4.69) is 10.6 Å². The Morgan fingerprint density at radius 2 is 2.09 bits per heavy atom. The number of anilines is 1. The summed E-state index contributed by atoms with van der Waals surface area (Å²) in [5, 5.41) is 5.15. The van der Waals surface area contributed by atoms with E-state index in [0.717, 1.165) is 12.1 Å². The van der Waals surface area contributed by atoms with Gasteiger partial charge in [0, 0.05) is 5.69 Å². The third kappa shape index (κ3) is 3.61. The Bertz CT molecular complexity index is 633. The molecule has 1 fully saturated rings. The topological polar surface area (TPSA) is 44.4 Å². The number of thiocarbonyl (C=S) groups is 1. The van der Waals surface area contributed by atoms with E-state index in [4.69, 9.17) is 23.8 Å². The maximum Gasteiger partial charge on any atom is 0.417 e. The molecule has 1 aromatic carbocycles. The molecule has 0 spiro atoms. The standard InChI is InChI=1S/C13H13ClF3N3OS/c1-12(2)6-20(11(22)19-12)10(21)18-7-3-4-9(14)8(5-7)13(15,16)17/h3-5H,6H2,1-2H3,(H,18,21)(H,19,22). The van der Waals surface area contributed by atoms with Crippen LogP contribution >= 0.6 is 23.8 Å². The molecular formula is C13H13ClF3N3OS. The first-order valence-corrected chi connectivity index (χ1v) is 7.06. The highest BCUT2D eigenvalue weighted by Gasteiger charge is 2.36. The van der Waals surface area contributed by atoms with Gasteiger partial charge < -0.3 is 10.6 Å². The molecule has 1 saturated heterocycles. The van der Waals surface area contributed by atoms with Crippen LogP contribution in [0, 0.1) is 0 Å². The number of benzene rings is 1. The van der Waals surface area contributed by atoms with Gasteiger partial charge in [0.05, 0.1) is 22.7 Å². The van der Waals surface area contributed by atoms with Gasteiger partial charge in [-0.05, 0) is 44.3 Å². The van der Waals surface area contributed by atoms with Crippen molar-refractivity contribution in [1.82, 2.24) is 10.2 Å². The van der Waals surface area contributed by atoms with Crippen molar-refractivity contribution in [3.8, 4) is 0 Å². The molecule has 1 aromatic rings. The molecule has 120 valence electrons. The number of carbonyl (C=O) groups is 1. The Hall–Kier alpha value is -1.54. The van der Waals surface area contributed by atoms with E-state index in [-0.39, 0.29) is 16.3 Å². The first-order chi connectivity index (χ1) is 9.99. The van der Waals surface area contributed by atoms with Crippen molar-refractivity contribution in [2.45, 2.75) is 25.6 Å². The van der Waals surface area contributed by atoms with Crippen molar-refractivity contribution in [3.63, 3.8) is 0 Å². The first-order valence-electron chi connectivity index (χ1n) is 6.27. The summed E-state index contributed by atoms with van der Waals surface area (Å²) < 4.78 is 38.4. The van der Waals surface area contributed by atoms with Crippen LogP contribution in [0.5, 0.6) is 0 Å². The lowest BCUT2D eigenvalue weighted by molar-refractivity contribution is -0.137. The molecule has 1 heterocycles. The molecule has 1 aliphatic rings. The number of nitrogens with one attached hydrogen (secondary N) is 2. The van der Waals surface area contributed by atoms with Crippen molar-refractivity contribution >= 4 is 40.6 Å². The predicted molar refractivity (Wildman–Crippen MR) is 82.0 cm³/mol. The predicted octanol–water partition coefficient (Wildman–Crippen LogP) is 3.86. The van der Waals surface area contributed by atoms with Crippen LogP contribution in [0.4, 0.5) is 23.7 Å². The van der Waals surface area contributed by atoms with Crippen LogP contribution in [0.15, 0.2) is 18.2 Å². The molecule has 9 heteroatoms. The molecule has 0 aromatic heterocycles.